The van der Waals surface area contributed by atoms with Crippen LogP contribution in [0.5, 0.6) is 11.5 Å². The Morgan fingerprint density at radius 3 is 2.15 bits per heavy atom. The highest BCUT2D eigenvalue weighted by Gasteiger charge is 2.08. The van der Waals surface area contributed by atoms with E-state index in [4.69, 9.17) is 21.1 Å². The van der Waals surface area contributed by atoms with Gasteiger partial charge in [-0.3, -0.25) is 0 Å². The molecule has 0 atom stereocenters. The van der Waals surface area contributed by atoms with Gasteiger partial charge in [0.05, 0.1) is 13.0 Å². The van der Waals surface area contributed by atoms with Crippen LogP contribution in [0.2, 0.25) is 0 Å². The molecule has 0 heterocycles. The molecular formula is C15H13Br2ClO2. The lowest BCUT2D eigenvalue weighted by Crippen LogP contribution is -2.00. The van der Waals surface area contributed by atoms with Crippen molar-refractivity contribution < 1.29 is 9.47 Å². The molecule has 0 amide bonds. The van der Waals surface area contributed by atoms with Crippen molar-refractivity contribution in [3.8, 4) is 11.5 Å². The normalized spacial score (nSPS) is 10.4. The monoisotopic (exact) mass is 418 g/mol. The number of hydrogen-bond donors (Lipinski definition) is 0. The summed E-state index contributed by atoms with van der Waals surface area (Å²) in [7, 11) is 1.65. The van der Waals surface area contributed by atoms with Crippen LogP contribution in [0.25, 0.3) is 0 Å². The summed E-state index contributed by atoms with van der Waals surface area (Å²) < 4.78 is 13.2. The predicted molar refractivity (Wildman–Crippen MR) is 88.7 cm³/mol. The quantitative estimate of drug-likeness (QED) is 0.592. The smallest absolute Gasteiger partial charge is 0.125 e. The Morgan fingerprint density at radius 2 is 1.55 bits per heavy atom. The average Bonchev–Trinajstić information content (AvgIpc) is 2.46. The minimum Gasteiger partial charge on any atom is -0.496 e. The number of methoxy groups -OCH3 is 1. The van der Waals surface area contributed by atoms with Crippen molar-refractivity contribution in [2.75, 3.05) is 7.11 Å². The maximum absolute atomic E-state index is 5.94. The van der Waals surface area contributed by atoms with Crippen LogP contribution in [0, 0.1) is 0 Å². The number of halogens is 3. The van der Waals surface area contributed by atoms with Crippen molar-refractivity contribution in [3.63, 3.8) is 0 Å². The second-order valence-corrected chi connectivity index (χ2v) is 6.23. The van der Waals surface area contributed by atoms with Gasteiger partial charge >= 0.3 is 0 Å². The van der Waals surface area contributed by atoms with Crippen molar-refractivity contribution in [3.05, 3.63) is 56.5 Å². The van der Waals surface area contributed by atoms with Crippen molar-refractivity contribution in [1.82, 2.24) is 0 Å². The fourth-order valence-electron chi connectivity index (χ4n) is 1.81. The lowest BCUT2D eigenvalue weighted by atomic mass is 10.2. The molecule has 0 aliphatic carbocycles. The van der Waals surface area contributed by atoms with Crippen LogP contribution in [0.15, 0.2) is 45.3 Å². The summed E-state index contributed by atoms with van der Waals surface area (Å²) in [5.74, 6) is 1.99. The molecule has 0 saturated carbocycles. The summed E-state index contributed by atoms with van der Waals surface area (Å²) in [5, 5.41) is 0. The third kappa shape index (κ3) is 3.90. The number of hydrogen-bond acceptors (Lipinski definition) is 2. The first kappa shape index (κ1) is 15.7. The van der Waals surface area contributed by atoms with E-state index in [2.05, 4.69) is 31.9 Å². The Balaban J connectivity index is 2.18. The highest BCUT2D eigenvalue weighted by atomic mass is 79.9. The van der Waals surface area contributed by atoms with E-state index in [1.165, 1.54) is 0 Å². The van der Waals surface area contributed by atoms with Gasteiger partial charge in [-0.25, -0.2) is 0 Å². The van der Waals surface area contributed by atoms with E-state index < -0.39 is 0 Å². The van der Waals surface area contributed by atoms with Gasteiger partial charge in [-0.15, -0.1) is 11.6 Å². The molecule has 106 valence electrons. The summed E-state index contributed by atoms with van der Waals surface area (Å²) in [6.07, 6.45) is 0. The summed E-state index contributed by atoms with van der Waals surface area (Å²) in [6.45, 7) is 0.425. The van der Waals surface area contributed by atoms with Crippen LogP contribution in [-0.2, 0) is 12.5 Å². The summed E-state index contributed by atoms with van der Waals surface area (Å²) in [5.41, 5.74) is 1.93. The van der Waals surface area contributed by atoms with Gasteiger partial charge in [0.1, 0.15) is 18.1 Å². The van der Waals surface area contributed by atoms with E-state index in [0.717, 1.165) is 31.6 Å². The minimum atomic E-state index is 0.407. The fraction of sp³-hybridized carbons (Fsp3) is 0.200. The van der Waals surface area contributed by atoms with Gasteiger partial charge in [0.15, 0.2) is 0 Å². The van der Waals surface area contributed by atoms with E-state index in [1.807, 2.05) is 36.4 Å². The van der Waals surface area contributed by atoms with Crippen molar-refractivity contribution in [2.24, 2.45) is 0 Å². The Morgan fingerprint density at radius 1 is 0.950 bits per heavy atom. The molecule has 0 fully saturated rings. The number of ether oxygens (including phenoxy) is 2. The summed E-state index contributed by atoms with van der Waals surface area (Å²) in [4.78, 5) is 0. The lowest BCUT2D eigenvalue weighted by molar-refractivity contribution is 0.294. The molecule has 0 N–H and O–H groups in total. The molecule has 0 spiro atoms. The molecule has 0 bridgehead atoms. The molecule has 20 heavy (non-hydrogen) atoms. The zero-order valence-electron chi connectivity index (χ0n) is 10.8. The van der Waals surface area contributed by atoms with Crippen molar-refractivity contribution in [1.29, 1.82) is 0 Å². The largest absolute Gasteiger partial charge is 0.496 e. The van der Waals surface area contributed by atoms with Gasteiger partial charge < -0.3 is 9.47 Å². The second-order valence-electron chi connectivity index (χ2n) is 4.13. The first-order valence-corrected chi connectivity index (χ1v) is 8.05. The molecule has 2 rings (SSSR count). The van der Waals surface area contributed by atoms with Gasteiger partial charge in [-0.1, -0.05) is 31.9 Å². The topological polar surface area (TPSA) is 18.5 Å². The Kier molecular flexibility index (Phi) is 5.75. The van der Waals surface area contributed by atoms with E-state index in [0.29, 0.717) is 12.5 Å². The van der Waals surface area contributed by atoms with Gasteiger partial charge in [0.2, 0.25) is 0 Å². The van der Waals surface area contributed by atoms with Crippen LogP contribution < -0.4 is 9.47 Å². The summed E-state index contributed by atoms with van der Waals surface area (Å²) >= 11 is 12.8. The first-order valence-electron chi connectivity index (χ1n) is 5.93. The fourth-order valence-corrected chi connectivity index (χ4v) is 2.83. The molecule has 2 nitrogen and oxygen atoms in total. The molecule has 0 aliphatic rings. The molecule has 0 unspecified atom stereocenters. The maximum atomic E-state index is 5.94. The van der Waals surface area contributed by atoms with Crippen LogP contribution in [0.1, 0.15) is 11.1 Å². The van der Waals surface area contributed by atoms with E-state index in [1.54, 1.807) is 7.11 Å². The van der Waals surface area contributed by atoms with Crippen LogP contribution in [0.4, 0.5) is 0 Å². The van der Waals surface area contributed by atoms with Gasteiger partial charge in [-0.05, 0) is 36.4 Å². The third-order valence-electron chi connectivity index (χ3n) is 2.79. The van der Waals surface area contributed by atoms with Gasteiger partial charge in [0, 0.05) is 20.1 Å². The lowest BCUT2D eigenvalue weighted by Gasteiger charge is -2.13. The third-order valence-corrected chi connectivity index (χ3v) is 4.07. The van der Waals surface area contributed by atoms with E-state index in [-0.39, 0.29) is 0 Å². The SMILES string of the molecule is COc1ccc(Br)cc1COc1ccc(Br)cc1CCl. The molecular weight excluding hydrogens is 407 g/mol. The van der Waals surface area contributed by atoms with Crippen LogP contribution in [0.3, 0.4) is 0 Å². The molecule has 5 heteroatoms. The highest BCUT2D eigenvalue weighted by molar-refractivity contribution is 9.10. The second kappa shape index (κ2) is 7.34. The number of rotatable bonds is 5. The molecule has 0 aromatic heterocycles. The van der Waals surface area contributed by atoms with Crippen LogP contribution >= 0.6 is 43.5 Å². The first-order chi connectivity index (χ1) is 9.63. The van der Waals surface area contributed by atoms with Crippen molar-refractivity contribution >= 4 is 43.5 Å². The molecule has 2 aromatic carbocycles. The van der Waals surface area contributed by atoms with Crippen molar-refractivity contribution in [2.45, 2.75) is 12.5 Å². The zero-order valence-corrected chi connectivity index (χ0v) is 14.8. The standard InChI is InChI=1S/C15H13Br2ClO2/c1-19-14-4-2-13(17)7-11(14)9-20-15-5-3-12(16)6-10(15)8-18/h2-7H,8-9H2,1H3. The molecule has 2 aromatic rings. The summed E-state index contributed by atoms with van der Waals surface area (Å²) in [6, 6.07) is 11.6. The van der Waals surface area contributed by atoms with Crippen LogP contribution in [-0.4, -0.2) is 7.11 Å². The zero-order chi connectivity index (χ0) is 14.5. The Hall–Kier alpha value is -0.710. The Labute approximate surface area is 140 Å². The average molecular weight is 421 g/mol. The van der Waals surface area contributed by atoms with E-state index >= 15 is 0 Å². The van der Waals surface area contributed by atoms with Gasteiger partial charge in [0.25, 0.3) is 0 Å². The molecule has 0 radical (unpaired) electrons. The van der Waals surface area contributed by atoms with Gasteiger partial charge in [-0.2, -0.15) is 0 Å². The number of alkyl halides is 1. The number of benzene rings is 2. The van der Waals surface area contributed by atoms with E-state index in [9.17, 15) is 0 Å². The Bertz CT molecular complexity index is 602. The maximum Gasteiger partial charge on any atom is 0.125 e. The highest BCUT2D eigenvalue weighted by Crippen LogP contribution is 2.28. The predicted octanol–water partition coefficient (Wildman–Crippen LogP) is 5.54. The molecule has 0 saturated heterocycles. The minimum absolute atomic E-state index is 0.407. The molecule has 0 aliphatic heterocycles.